The number of carbonyl (C=O) groups excluding carboxylic acids is 1. The van der Waals surface area contributed by atoms with E-state index in [1.54, 1.807) is 6.07 Å². The molecule has 1 saturated heterocycles. The monoisotopic (exact) mass is 435 g/mol. The van der Waals surface area contributed by atoms with Gasteiger partial charge in [0.15, 0.2) is 0 Å². The van der Waals surface area contributed by atoms with E-state index in [1.165, 1.54) is 0 Å². The molecule has 3 atom stereocenters. The highest BCUT2D eigenvalue weighted by Gasteiger charge is 2.34. The van der Waals surface area contributed by atoms with Gasteiger partial charge in [-0.2, -0.15) is 0 Å². The van der Waals surface area contributed by atoms with Gasteiger partial charge in [0.05, 0.1) is 6.04 Å². The molecule has 0 spiro atoms. The lowest BCUT2D eigenvalue weighted by atomic mass is 9.92. The van der Waals surface area contributed by atoms with Crippen molar-refractivity contribution in [2.75, 3.05) is 32.7 Å². The van der Waals surface area contributed by atoms with Crippen LogP contribution in [0.4, 0.5) is 0 Å². The fourth-order valence-electron chi connectivity index (χ4n) is 4.78. The lowest BCUT2D eigenvalue weighted by Gasteiger charge is -2.47. The number of carbonyl (C=O) groups is 1. The van der Waals surface area contributed by atoms with Crippen molar-refractivity contribution in [2.24, 2.45) is 0 Å². The SMILES string of the molecule is C=CCN1C[C@@H](C)N([C@@H](c2ccc(C(=O)N(CC)CC)cc2)c2cccc(O)c2)C[C@H]1C. The Hall–Kier alpha value is -2.63. The second kappa shape index (κ2) is 10.8. The number of amides is 1. The maximum Gasteiger partial charge on any atom is 0.253 e. The van der Waals surface area contributed by atoms with Gasteiger partial charge in [-0.05, 0) is 63.1 Å². The normalized spacial score (nSPS) is 20.6. The van der Waals surface area contributed by atoms with E-state index in [-0.39, 0.29) is 17.7 Å². The van der Waals surface area contributed by atoms with Crippen molar-refractivity contribution < 1.29 is 9.90 Å². The van der Waals surface area contributed by atoms with E-state index >= 15 is 0 Å². The molecule has 0 saturated carbocycles. The molecule has 1 heterocycles. The molecular formula is C27H37N3O2. The van der Waals surface area contributed by atoms with E-state index in [0.717, 1.165) is 30.8 Å². The van der Waals surface area contributed by atoms with Crippen molar-refractivity contribution in [3.63, 3.8) is 0 Å². The van der Waals surface area contributed by atoms with Gasteiger partial charge in [-0.3, -0.25) is 14.6 Å². The van der Waals surface area contributed by atoms with Crippen LogP contribution in [-0.4, -0.2) is 70.5 Å². The van der Waals surface area contributed by atoms with Crippen LogP contribution in [0.5, 0.6) is 5.75 Å². The largest absolute Gasteiger partial charge is 0.508 e. The maximum atomic E-state index is 12.8. The fraction of sp³-hybridized carbons (Fsp3) is 0.444. The fourth-order valence-corrected chi connectivity index (χ4v) is 4.78. The Labute approximate surface area is 193 Å². The van der Waals surface area contributed by atoms with Gasteiger partial charge in [0.2, 0.25) is 0 Å². The number of phenolic OH excluding ortho intramolecular Hbond substituents is 1. The second-order valence-electron chi connectivity index (χ2n) is 8.73. The minimum Gasteiger partial charge on any atom is -0.508 e. The number of aromatic hydroxyl groups is 1. The first kappa shape index (κ1) is 24.0. The molecule has 32 heavy (non-hydrogen) atoms. The van der Waals surface area contributed by atoms with E-state index in [4.69, 9.17) is 0 Å². The number of benzene rings is 2. The molecule has 172 valence electrons. The lowest BCUT2D eigenvalue weighted by molar-refractivity contribution is 0.0306. The molecule has 0 aromatic heterocycles. The van der Waals surface area contributed by atoms with Gasteiger partial charge >= 0.3 is 0 Å². The Morgan fingerprint density at radius 3 is 2.38 bits per heavy atom. The Balaban J connectivity index is 1.96. The highest BCUT2D eigenvalue weighted by molar-refractivity contribution is 5.94. The average molecular weight is 436 g/mol. The predicted octanol–water partition coefficient (Wildman–Crippen LogP) is 4.54. The number of rotatable bonds is 8. The Morgan fingerprint density at radius 1 is 1.09 bits per heavy atom. The molecule has 5 heteroatoms. The number of phenols is 1. The predicted molar refractivity (Wildman–Crippen MR) is 131 cm³/mol. The summed E-state index contributed by atoms with van der Waals surface area (Å²) >= 11 is 0. The van der Waals surface area contributed by atoms with Crippen molar-refractivity contribution in [3.05, 3.63) is 77.9 Å². The van der Waals surface area contributed by atoms with Crippen LogP contribution in [-0.2, 0) is 0 Å². The number of nitrogens with zero attached hydrogens (tertiary/aromatic N) is 3. The van der Waals surface area contributed by atoms with Crippen molar-refractivity contribution >= 4 is 5.91 Å². The molecule has 1 aliphatic heterocycles. The summed E-state index contributed by atoms with van der Waals surface area (Å²) < 4.78 is 0. The third-order valence-corrected chi connectivity index (χ3v) is 6.57. The maximum absolute atomic E-state index is 12.8. The molecule has 0 bridgehead atoms. The highest BCUT2D eigenvalue weighted by Crippen LogP contribution is 2.34. The van der Waals surface area contributed by atoms with E-state index < -0.39 is 0 Å². The van der Waals surface area contributed by atoms with E-state index in [1.807, 2.05) is 49.1 Å². The first-order chi connectivity index (χ1) is 15.4. The molecule has 0 aliphatic carbocycles. The Morgan fingerprint density at radius 2 is 1.78 bits per heavy atom. The number of hydrogen-bond acceptors (Lipinski definition) is 4. The quantitative estimate of drug-likeness (QED) is 0.618. The zero-order chi connectivity index (χ0) is 23.3. The van der Waals surface area contributed by atoms with Crippen LogP contribution in [0, 0.1) is 0 Å². The molecule has 1 fully saturated rings. The van der Waals surface area contributed by atoms with Gasteiger partial charge in [-0.25, -0.2) is 0 Å². The molecule has 5 nitrogen and oxygen atoms in total. The van der Waals surface area contributed by atoms with Crippen molar-refractivity contribution in [3.8, 4) is 5.75 Å². The van der Waals surface area contributed by atoms with Gasteiger partial charge in [0, 0.05) is 50.4 Å². The topological polar surface area (TPSA) is 47.0 Å². The van der Waals surface area contributed by atoms with Crippen LogP contribution >= 0.6 is 0 Å². The zero-order valence-corrected chi connectivity index (χ0v) is 19.9. The number of piperazine rings is 1. The van der Waals surface area contributed by atoms with Crippen LogP contribution in [0.15, 0.2) is 61.2 Å². The summed E-state index contributed by atoms with van der Waals surface area (Å²) in [6.45, 7) is 16.6. The van der Waals surface area contributed by atoms with Crippen LogP contribution in [0.1, 0.15) is 55.2 Å². The van der Waals surface area contributed by atoms with Gasteiger partial charge in [0.25, 0.3) is 5.91 Å². The molecule has 2 aromatic rings. The van der Waals surface area contributed by atoms with Crippen LogP contribution < -0.4 is 0 Å². The third kappa shape index (κ3) is 5.22. The Bertz CT molecular complexity index is 907. The molecule has 3 rings (SSSR count). The summed E-state index contributed by atoms with van der Waals surface area (Å²) in [5, 5.41) is 10.2. The lowest BCUT2D eigenvalue weighted by Crippen LogP contribution is -2.57. The molecular weight excluding hydrogens is 398 g/mol. The van der Waals surface area contributed by atoms with E-state index in [2.05, 4.69) is 48.4 Å². The summed E-state index contributed by atoms with van der Waals surface area (Å²) in [4.78, 5) is 19.6. The summed E-state index contributed by atoms with van der Waals surface area (Å²) in [7, 11) is 0. The van der Waals surface area contributed by atoms with E-state index in [0.29, 0.717) is 30.7 Å². The highest BCUT2D eigenvalue weighted by atomic mass is 16.3. The standard InChI is InChI=1S/C27H37N3O2/c1-6-16-29-18-21(5)30(19-20(29)4)26(24-10-9-11-25(31)17-24)22-12-14-23(15-13-22)27(32)28(7-2)8-3/h6,9-15,17,20-21,26,31H,1,7-8,16,18-19H2,2-5H3/t20-,21-,26+/m1/s1. The van der Waals surface area contributed by atoms with Gasteiger partial charge in [0.1, 0.15) is 5.75 Å². The van der Waals surface area contributed by atoms with Gasteiger partial charge in [-0.15, -0.1) is 6.58 Å². The van der Waals surface area contributed by atoms with Gasteiger partial charge in [-0.1, -0.05) is 30.3 Å². The first-order valence-electron chi connectivity index (χ1n) is 11.7. The Kier molecular flexibility index (Phi) is 8.10. The summed E-state index contributed by atoms with van der Waals surface area (Å²) in [6, 6.07) is 16.3. The molecule has 0 radical (unpaired) electrons. The molecule has 0 unspecified atom stereocenters. The molecule has 2 aromatic carbocycles. The number of hydrogen-bond donors (Lipinski definition) is 1. The van der Waals surface area contributed by atoms with E-state index in [9.17, 15) is 9.90 Å². The van der Waals surface area contributed by atoms with Crippen molar-refractivity contribution in [1.29, 1.82) is 0 Å². The van der Waals surface area contributed by atoms with Crippen LogP contribution in [0.2, 0.25) is 0 Å². The van der Waals surface area contributed by atoms with Crippen molar-refractivity contribution in [2.45, 2.75) is 45.8 Å². The van der Waals surface area contributed by atoms with Crippen LogP contribution in [0.25, 0.3) is 0 Å². The molecule has 1 aliphatic rings. The smallest absolute Gasteiger partial charge is 0.253 e. The molecule has 1 N–H and O–H groups in total. The summed E-state index contributed by atoms with van der Waals surface area (Å²) in [5.41, 5.74) is 2.90. The minimum atomic E-state index is 0.00281. The zero-order valence-electron chi connectivity index (χ0n) is 19.9. The average Bonchev–Trinajstić information content (AvgIpc) is 2.78. The van der Waals surface area contributed by atoms with Gasteiger partial charge < -0.3 is 10.0 Å². The summed E-state index contributed by atoms with van der Waals surface area (Å²) in [6.07, 6.45) is 1.97. The van der Waals surface area contributed by atoms with Crippen LogP contribution in [0.3, 0.4) is 0 Å². The third-order valence-electron chi connectivity index (χ3n) is 6.57. The van der Waals surface area contributed by atoms with Crippen molar-refractivity contribution in [1.82, 2.24) is 14.7 Å². The minimum absolute atomic E-state index is 0.00281. The second-order valence-corrected chi connectivity index (χ2v) is 8.73. The summed E-state index contributed by atoms with van der Waals surface area (Å²) in [5.74, 6) is 0.335. The first-order valence-corrected chi connectivity index (χ1v) is 11.7. The molecule has 1 amide bonds.